The molecule has 1 saturated heterocycles. The van der Waals surface area contributed by atoms with Crippen molar-refractivity contribution < 1.29 is 18.0 Å². The molecule has 0 saturated carbocycles. The predicted molar refractivity (Wildman–Crippen MR) is 114 cm³/mol. The monoisotopic (exact) mass is 432 g/mol. The van der Waals surface area contributed by atoms with Gasteiger partial charge in [0.1, 0.15) is 5.70 Å². The fraction of sp³-hybridized carbons (Fsp3) is 0.550. The second-order valence-electron chi connectivity index (χ2n) is 6.82. The van der Waals surface area contributed by atoms with Gasteiger partial charge < -0.3 is 21.7 Å². The summed E-state index contributed by atoms with van der Waals surface area (Å²) >= 11 is 0.880. The zero-order chi connectivity index (χ0) is 21.9. The van der Waals surface area contributed by atoms with Crippen LogP contribution in [0.5, 0.6) is 0 Å². The second kappa shape index (κ2) is 12.8. The summed E-state index contributed by atoms with van der Waals surface area (Å²) in [6, 6.07) is 8.29. The number of anilines is 1. The van der Waals surface area contributed by atoms with E-state index >= 15 is 0 Å². The number of carbonyl (C=O) groups is 1. The lowest BCUT2D eigenvalue weighted by Gasteiger charge is -2.14. The molecule has 1 atom stereocenters. The van der Waals surface area contributed by atoms with Gasteiger partial charge in [0.15, 0.2) is 6.29 Å². The third-order valence-corrected chi connectivity index (χ3v) is 5.72. The first-order chi connectivity index (χ1) is 13.7. The van der Waals surface area contributed by atoms with Gasteiger partial charge in [-0.1, -0.05) is 12.1 Å². The van der Waals surface area contributed by atoms with E-state index in [0.717, 1.165) is 43.5 Å². The molecule has 9 heteroatoms. The van der Waals surface area contributed by atoms with Crippen LogP contribution in [0.1, 0.15) is 37.8 Å². The number of rotatable bonds is 8. The molecule has 0 spiro atoms. The molecule has 1 fully saturated rings. The van der Waals surface area contributed by atoms with E-state index < -0.39 is 16.8 Å². The number of benzene rings is 1. The number of nitrogens with two attached hydrogens (primary N) is 2. The Labute approximate surface area is 175 Å². The van der Waals surface area contributed by atoms with Crippen LogP contribution in [0.2, 0.25) is 0 Å². The highest BCUT2D eigenvalue weighted by Gasteiger charge is 2.34. The number of allylic oxidation sites excluding steroid dienone is 2. The molecule has 5 nitrogen and oxygen atoms in total. The number of nitrogens with one attached hydrogen (secondary N) is 1. The molecule has 1 aromatic rings. The lowest BCUT2D eigenvalue weighted by Crippen LogP contribution is -2.22. The summed E-state index contributed by atoms with van der Waals surface area (Å²) < 4.78 is 36.8. The summed E-state index contributed by atoms with van der Waals surface area (Å²) in [6.07, 6.45) is -1.31. The van der Waals surface area contributed by atoms with Gasteiger partial charge >= 0.3 is 6.18 Å². The van der Waals surface area contributed by atoms with Gasteiger partial charge in [0, 0.05) is 11.7 Å². The highest BCUT2D eigenvalue weighted by molar-refractivity contribution is 8.03. The van der Waals surface area contributed by atoms with E-state index in [4.69, 9.17) is 11.5 Å². The summed E-state index contributed by atoms with van der Waals surface area (Å²) in [5.41, 5.74) is 11.3. The molecule has 164 valence electrons. The molecule has 1 unspecified atom stereocenters. The largest absolute Gasteiger partial charge is 0.431 e. The number of halogens is 3. The molecule has 0 amide bonds. The first-order valence-corrected chi connectivity index (χ1v) is 10.6. The van der Waals surface area contributed by atoms with Crippen molar-refractivity contribution in [3.8, 4) is 0 Å². The first kappa shape index (κ1) is 25.3. The number of thioether (sulfide) groups is 1. The van der Waals surface area contributed by atoms with Crippen LogP contribution < -0.4 is 16.8 Å². The lowest BCUT2D eigenvalue weighted by atomic mass is 10.1. The fourth-order valence-electron chi connectivity index (χ4n) is 2.79. The number of hydrogen-bond donors (Lipinski definition) is 3. The first-order valence-electron chi connectivity index (χ1n) is 9.59. The van der Waals surface area contributed by atoms with Gasteiger partial charge in [0.05, 0.1) is 4.91 Å². The Morgan fingerprint density at radius 2 is 2.00 bits per heavy atom. The Kier molecular flexibility index (Phi) is 11.2. The van der Waals surface area contributed by atoms with E-state index in [9.17, 15) is 18.0 Å². The van der Waals surface area contributed by atoms with Gasteiger partial charge in [-0.3, -0.25) is 4.79 Å². The number of nitrogen functional groups attached to an aromatic ring is 1. The van der Waals surface area contributed by atoms with Crippen LogP contribution in [-0.2, 0) is 4.79 Å². The highest BCUT2D eigenvalue weighted by Crippen LogP contribution is 2.28. The van der Waals surface area contributed by atoms with Gasteiger partial charge in [0.25, 0.3) is 0 Å². The van der Waals surface area contributed by atoms with Crippen LogP contribution in [0.3, 0.4) is 0 Å². The van der Waals surface area contributed by atoms with Crippen LogP contribution in [-0.4, -0.2) is 49.8 Å². The van der Waals surface area contributed by atoms with Crippen LogP contribution >= 0.6 is 11.8 Å². The summed E-state index contributed by atoms with van der Waals surface area (Å²) in [5, 5.41) is 3.15. The van der Waals surface area contributed by atoms with Crippen molar-refractivity contribution in [2.24, 2.45) is 5.73 Å². The molecule has 1 aliphatic heterocycles. The zero-order valence-corrected chi connectivity index (χ0v) is 17.8. The highest BCUT2D eigenvalue weighted by atomic mass is 32.2. The summed E-state index contributed by atoms with van der Waals surface area (Å²) in [7, 11) is 1.94. The van der Waals surface area contributed by atoms with E-state index in [1.54, 1.807) is 0 Å². The molecule has 1 heterocycles. The van der Waals surface area contributed by atoms with Crippen LogP contribution in [0.25, 0.3) is 0 Å². The zero-order valence-electron chi connectivity index (χ0n) is 17.0. The van der Waals surface area contributed by atoms with Gasteiger partial charge in [-0.2, -0.15) is 13.2 Å². The van der Waals surface area contributed by atoms with E-state index in [1.807, 2.05) is 25.2 Å². The quantitative estimate of drug-likeness (QED) is 0.252. The Morgan fingerprint density at radius 3 is 2.52 bits per heavy atom. The van der Waals surface area contributed by atoms with Gasteiger partial charge in [-0.15, -0.1) is 11.8 Å². The Morgan fingerprint density at radius 1 is 1.34 bits per heavy atom. The molecular weight excluding hydrogens is 401 g/mol. The Hall–Kier alpha value is -1.71. The van der Waals surface area contributed by atoms with E-state index in [0.29, 0.717) is 11.8 Å². The van der Waals surface area contributed by atoms with Crippen molar-refractivity contribution in [1.82, 2.24) is 10.2 Å². The van der Waals surface area contributed by atoms with Crippen molar-refractivity contribution >= 4 is 23.7 Å². The van der Waals surface area contributed by atoms with Crippen molar-refractivity contribution in [3.63, 3.8) is 0 Å². The number of alkyl halides is 3. The minimum absolute atomic E-state index is 0.184. The molecule has 1 aromatic carbocycles. The topological polar surface area (TPSA) is 84.4 Å². The number of hydrogen-bond acceptors (Lipinski definition) is 6. The maximum Gasteiger partial charge on any atom is 0.431 e. The third kappa shape index (κ3) is 9.56. The summed E-state index contributed by atoms with van der Waals surface area (Å²) in [4.78, 5) is 12.4. The fourth-order valence-corrected chi connectivity index (χ4v) is 3.62. The van der Waals surface area contributed by atoms with Crippen LogP contribution in [0.15, 0.2) is 34.9 Å². The van der Waals surface area contributed by atoms with E-state index in [2.05, 4.69) is 23.2 Å². The molecule has 2 rings (SSSR count). The molecule has 0 bridgehead atoms. The van der Waals surface area contributed by atoms with Crippen molar-refractivity contribution in [3.05, 3.63) is 40.4 Å². The van der Waals surface area contributed by atoms with Gasteiger partial charge in [0.2, 0.25) is 0 Å². The second-order valence-corrected chi connectivity index (χ2v) is 7.96. The number of likely N-dealkylation sites (tertiary alicyclic amines) is 1. The number of nitrogens with zero attached hydrogens (tertiary/aromatic N) is 1. The smallest absolute Gasteiger partial charge is 0.399 e. The maximum atomic E-state index is 12.3. The summed E-state index contributed by atoms with van der Waals surface area (Å²) in [5.74, 6) is 0.474. The molecule has 1 aliphatic rings. The summed E-state index contributed by atoms with van der Waals surface area (Å²) in [6.45, 7) is 5.09. The molecule has 29 heavy (non-hydrogen) atoms. The number of aldehydes is 1. The Bertz CT molecular complexity index is 661. The number of carbonyl (C=O) groups excluding carboxylic acids is 1. The molecule has 0 radical (unpaired) electrons. The molecular formula is C20H31F3N4OS. The van der Waals surface area contributed by atoms with Gasteiger partial charge in [-0.25, -0.2) is 0 Å². The molecule has 0 aliphatic carbocycles. The van der Waals surface area contributed by atoms with Crippen molar-refractivity contribution in [2.45, 2.75) is 38.4 Å². The Balaban J connectivity index is 0.000000326. The standard InChI is InChI=1S/C11H17F3N2OS.C9H14N2/c12-11(13,14)10(15)9(8-17)18-7-3-6-16-4-1-2-5-16;1-7(11-2)8-4-3-5-9(10)6-8/h8H,1-7,15H2;3-7,11H,10H2,1-2H3/b10-9-;. The van der Waals surface area contributed by atoms with Crippen molar-refractivity contribution in [1.29, 1.82) is 0 Å². The normalized spacial score (nSPS) is 16.6. The van der Waals surface area contributed by atoms with E-state index in [-0.39, 0.29) is 6.29 Å². The minimum atomic E-state index is -4.63. The minimum Gasteiger partial charge on any atom is -0.399 e. The third-order valence-electron chi connectivity index (χ3n) is 4.60. The average molecular weight is 433 g/mol. The molecule has 0 aromatic heterocycles. The predicted octanol–water partition coefficient (Wildman–Crippen LogP) is 3.69. The molecule has 5 N–H and O–H groups in total. The lowest BCUT2D eigenvalue weighted by molar-refractivity contribution is -0.107. The van der Waals surface area contributed by atoms with Crippen LogP contribution in [0, 0.1) is 0 Å². The van der Waals surface area contributed by atoms with Crippen LogP contribution in [0.4, 0.5) is 18.9 Å². The average Bonchev–Trinajstić information content (AvgIpc) is 3.20. The maximum absolute atomic E-state index is 12.3. The van der Waals surface area contributed by atoms with Crippen molar-refractivity contribution in [2.75, 3.05) is 38.2 Å². The van der Waals surface area contributed by atoms with Gasteiger partial charge in [-0.05, 0) is 76.3 Å². The van der Waals surface area contributed by atoms with E-state index in [1.165, 1.54) is 18.4 Å². The SMILES string of the molecule is CNC(C)c1cccc(N)c1.N/C(=C(/C=O)SCCCN1CCCC1)C(F)(F)F.